The lowest BCUT2D eigenvalue weighted by Crippen LogP contribution is -2.43. The molecule has 1 aromatic rings. The van der Waals surface area contributed by atoms with Gasteiger partial charge in [-0.3, -0.25) is 0 Å². The first-order chi connectivity index (χ1) is 11.2. The van der Waals surface area contributed by atoms with Crippen molar-refractivity contribution in [3.05, 3.63) is 23.8 Å². The summed E-state index contributed by atoms with van der Waals surface area (Å²) >= 11 is 0. The Bertz CT molecular complexity index is 457. The van der Waals surface area contributed by atoms with Gasteiger partial charge in [-0.15, -0.1) is 0 Å². The van der Waals surface area contributed by atoms with Crippen molar-refractivity contribution < 1.29 is 9.47 Å². The fraction of sp³-hybridized carbons (Fsp3) is 0.684. The molecule has 0 amide bonds. The van der Waals surface area contributed by atoms with E-state index in [1.165, 1.54) is 31.6 Å². The lowest BCUT2D eigenvalue weighted by molar-refractivity contribution is 0.238. The Morgan fingerprint density at radius 1 is 1.13 bits per heavy atom. The van der Waals surface area contributed by atoms with Gasteiger partial charge < -0.3 is 19.7 Å². The number of rotatable bonds is 9. The quantitative estimate of drug-likeness (QED) is 0.758. The number of piperazine rings is 1. The predicted octanol–water partition coefficient (Wildman–Crippen LogP) is 2.96. The highest BCUT2D eigenvalue weighted by atomic mass is 16.5. The van der Waals surface area contributed by atoms with Crippen LogP contribution in [-0.2, 0) is 6.42 Å². The maximum Gasteiger partial charge on any atom is 0.161 e. The number of aryl methyl sites for hydroxylation is 1. The van der Waals surface area contributed by atoms with E-state index in [-0.39, 0.29) is 0 Å². The molecule has 0 bridgehead atoms. The van der Waals surface area contributed by atoms with E-state index in [9.17, 15) is 0 Å². The average molecular weight is 320 g/mol. The van der Waals surface area contributed by atoms with Gasteiger partial charge in [0.25, 0.3) is 0 Å². The first-order valence-electron chi connectivity index (χ1n) is 9.00. The zero-order chi connectivity index (χ0) is 16.5. The first kappa shape index (κ1) is 18.1. The molecule has 0 aromatic heterocycles. The van der Waals surface area contributed by atoms with Gasteiger partial charge in [-0.05, 0) is 49.9 Å². The summed E-state index contributed by atoms with van der Waals surface area (Å²) in [6.45, 7) is 13.5. The van der Waals surface area contributed by atoms with Crippen molar-refractivity contribution in [2.24, 2.45) is 5.92 Å². The number of nitrogens with zero attached hydrogens (tertiary/aromatic N) is 1. The van der Waals surface area contributed by atoms with Gasteiger partial charge in [0.05, 0.1) is 13.2 Å². The number of hydrogen-bond donors (Lipinski definition) is 1. The molecule has 4 nitrogen and oxygen atoms in total. The van der Waals surface area contributed by atoms with E-state index in [0.29, 0.717) is 12.5 Å². The van der Waals surface area contributed by atoms with Gasteiger partial charge in [0, 0.05) is 26.2 Å². The third-order valence-electron chi connectivity index (χ3n) is 4.03. The Hall–Kier alpha value is -1.26. The van der Waals surface area contributed by atoms with Gasteiger partial charge in [0.2, 0.25) is 0 Å². The van der Waals surface area contributed by atoms with E-state index in [1.54, 1.807) is 0 Å². The van der Waals surface area contributed by atoms with Crippen LogP contribution in [-0.4, -0.2) is 50.8 Å². The van der Waals surface area contributed by atoms with Gasteiger partial charge >= 0.3 is 0 Å². The minimum absolute atomic E-state index is 0.517. The monoisotopic (exact) mass is 320 g/mol. The molecule has 0 aliphatic carbocycles. The van der Waals surface area contributed by atoms with E-state index < -0.39 is 0 Å². The molecule has 1 aromatic carbocycles. The fourth-order valence-corrected chi connectivity index (χ4v) is 2.79. The van der Waals surface area contributed by atoms with Crippen LogP contribution >= 0.6 is 0 Å². The number of ether oxygens (including phenoxy) is 2. The van der Waals surface area contributed by atoms with E-state index in [4.69, 9.17) is 9.47 Å². The van der Waals surface area contributed by atoms with Crippen LogP contribution in [0.25, 0.3) is 0 Å². The SMILES string of the molecule is CCOc1cc(CCCN2CCNCC2)ccc1OCC(C)C. The summed E-state index contributed by atoms with van der Waals surface area (Å²) in [4.78, 5) is 2.54. The molecule has 0 atom stereocenters. The van der Waals surface area contributed by atoms with Crippen molar-refractivity contribution in [2.75, 3.05) is 45.9 Å². The van der Waals surface area contributed by atoms with Gasteiger partial charge in [-0.1, -0.05) is 19.9 Å². The Morgan fingerprint density at radius 3 is 2.61 bits per heavy atom. The second-order valence-corrected chi connectivity index (χ2v) is 6.61. The fourth-order valence-electron chi connectivity index (χ4n) is 2.79. The number of nitrogens with one attached hydrogen (secondary N) is 1. The maximum absolute atomic E-state index is 5.87. The summed E-state index contributed by atoms with van der Waals surface area (Å²) in [6.07, 6.45) is 2.28. The highest BCUT2D eigenvalue weighted by molar-refractivity contribution is 5.43. The molecule has 1 aliphatic rings. The van der Waals surface area contributed by atoms with Gasteiger partial charge in [-0.2, -0.15) is 0 Å². The Balaban J connectivity index is 1.86. The average Bonchev–Trinajstić information content (AvgIpc) is 2.55. The van der Waals surface area contributed by atoms with E-state index in [1.807, 2.05) is 6.92 Å². The van der Waals surface area contributed by atoms with Crippen LogP contribution in [0.2, 0.25) is 0 Å². The van der Waals surface area contributed by atoms with Crippen molar-refractivity contribution >= 4 is 0 Å². The molecule has 2 rings (SSSR count). The third-order valence-corrected chi connectivity index (χ3v) is 4.03. The first-order valence-corrected chi connectivity index (χ1v) is 9.00. The lowest BCUT2D eigenvalue weighted by atomic mass is 10.1. The molecular weight excluding hydrogens is 288 g/mol. The Labute approximate surface area is 141 Å². The molecule has 1 N–H and O–H groups in total. The van der Waals surface area contributed by atoms with Crippen LogP contribution < -0.4 is 14.8 Å². The van der Waals surface area contributed by atoms with Gasteiger partial charge in [0.1, 0.15) is 0 Å². The minimum atomic E-state index is 0.517. The molecule has 1 heterocycles. The molecule has 23 heavy (non-hydrogen) atoms. The molecule has 1 fully saturated rings. The van der Waals surface area contributed by atoms with Gasteiger partial charge in [-0.25, -0.2) is 0 Å². The summed E-state index contributed by atoms with van der Waals surface area (Å²) in [6, 6.07) is 6.39. The van der Waals surface area contributed by atoms with E-state index in [2.05, 4.69) is 42.3 Å². The Morgan fingerprint density at radius 2 is 1.91 bits per heavy atom. The van der Waals surface area contributed by atoms with Crippen molar-refractivity contribution in [3.8, 4) is 11.5 Å². The summed E-state index contributed by atoms with van der Waals surface area (Å²) < 4.78 is 11.6. The second-order valence-electron chi connectivity index (χ2n) is 6.61. The second kappa shape index (κ2) is 9.78. The zero-order valence-electron chi connectivity index (χ0n) is 14.9. The summed E-state index contributed by atoms with van der Waals surface area (Å²) in [7, 11) is 0. The highest BCUT2D eigenvalue weighted by Gasteiger charge is 2.10. The van der Waals surface area contributed by atoms with Crippen molar-refractivity contribution in [1.29, 1.82) is 0 Å². The van der Waals surface area contributed by atoms with Crippen LogP contribution in [0, 0.1) is 5.92 Å². The largest absolute Gasteiger partial charge is 0.490 e. The molecule has 1 saturated heterocycles. The normalized spacial score (nSPS) is 15.8. The highest BCUT2D eigenvalue weighted by Crippen LogP contribution is 2.29. The predicted molar refractivity (Wildman–Crippen MR) is 95.6 cm³/mol. The molecule has 0 radical (unpaired) electrons. The maximum atomic E-state index is 5.87. The van der Waals surface area contributed by atoms with E-state index in [0.717, 1.165) is 37.6 Å². The van der Waals surface area contributed by atoms with E-state index >= 15 is 0 Å². The molecule has 0 unspecified atom stereocenters. The molecule has 0 spiro atoms. The molecule has 130 valence electrons. The van der Waals surface area contributed by atoms with Crippen LogP contribution in [0.3, 0.4) is 0 Å². The summed E-state index contributed by atoms with van der Waals surface area (Å²) in [5, 5.41) is 3.40. The zero-order valence-corrected chi connectivity index (χ0v) is 14.9. The van der Waals surface area contributed by atoms with Crippen LogP contribution in [0.4, 0.5) is 0 Å². The summed E-state index contributed by atoms with van der Waals surface area (Å²) in [5.74, 6) is 2.27. The van der Waals surface area contributed by atoms with Crippen molar-refractivity contribution in [2.45, 2.75) is 33.6 Å². The Kier molecular flexibility index (Phi) is 7.69. The van der Waals surface area contributed by atoms with Crippen molar-refractivity contribution in [1.82, 2.24) is 10.2 Å². The van der Waals surface area contributed by atoms with Crippen LogP contribution in [0.15, 0.2) is 18.2 Å². The number of benzene rings is 1. The molecule has 0 saturated carbocycles. The molecule has 4 heteroatoms. The topological polar surface area (TPSA) is 33.7 Å². The molecule has 1 aliphatic heterocycles. The number of hydrogen-bond acceptors (Lipinski definition) is 4. The smallest absolute Gasteiger partial charge is 0.161 e. The van der Waals surface area contributed by atoms with Crippen LogP contribution in [0.5, 0.6) is 11.5 Å². The van der Waals surface area contributed by atoms with Crippen LogP contribution in [0.1, 0.15) is 32.8 Å². The lowest BCUT2D eigenvalue weighted by Gasteiger charge is -2.27. The van der Waals surface area contributed by atoms with Gasteiger partial charge in [0.15, 0.2) is 11.5 Å². The summed E-state index contributed by atoms with van der Waals surface area (Å²) in [5.41, 5.74) is 1.33. The standard InChI is InChI=1S/C19H32N2O2/c1-4-22-19-14-17(7-8-18(19)23-15-16(2)3)6-5-11-21-12-9-20-10-13-21/h7-8,14,16,20H,4-6,9-13,15H2,1-3H3. The third kappa shape index (κ3) is 6.40. The minimum Gasteiger partial charge on any atom is -0.490 e. The molecular formula is C19H32N2O2. The van der Waals surface area contributed by atoms with Crippen molar-refractivity contribution in [3.63, 3.8) is 0 Å².